The van der Waals surface area contributed by atoms with Crippen molar-refractivity contribution in [1.82, 2.24) is 5.16 Å². The van der Waals surface area contributed by atoms with E-state index in [9.17, 15) is 18.0 Å². The highest BCUT2D eigenvalue weighted by molar-refractivity contribution is 5.87. The van der Waals surface area contributed by atoms with Gasteiger partial charge in [0.05, 0.1) is 6.61 Å². The van der Waals surface area contributed by atoms with Crippen molar-refractivity contribution >= 4 is 5.97 Å². The first-order chi connectivity index (χ1) is 10.4. The summed E-state index contributed by atoms with van der Waals surface area (Å²) >= 11 is 0. The Bertz CT molecular complexity index is 652. The number of nitrogens with zero attached hydrogens (tertiary/aromatic N) is 1. The second-order valence-electron chi connectivity index (χ2n) is 4.27. The predicted octanol–water partition coefficient (Wildman–Crippen LogP) is 3.34. The molecule has 1 heterocycles. The molecule has 0 aliphatic carbocycles. The molecule has 0 spiro atoms. The van der Waals surface area contributed by atoms with Gasteiger partial charge in [-0.25, -0.2) is 4.79 Å². The summed E-state index contributed by atoms with van der Waals surface area (Å²) < 4.78 is 50.0. The third-order valence-corrected chi connectivity index (χ3v) is 2.55. The monoisotopic (exact) mass is 315 g/mol. The topological polar surface area (TPSA) is 61.6 Å². The van der Waals surface area contributed by atoms with Crippen molar-refractivity contribution in [2.24, 2.45) is 0 Å². The lowest BCUT2D eigenvalue weighted by Gasteiger charge is -2.09. The number of ether oxygens (including phenoxy) is 2. The first-order valence-electron chi connectivity index (χ1n) is 6.35. The Kier molecular flexibility index (Phi) is 4.69. The number of esters is 1. The van der Waals surface area contributed by atoms with E-state index in [1.165, 1.54) is 24.3 Å². The molecule has 0 unspecified atom stereocenters. The van der Waals surface area contributed by atoms with Gasteiger partial charge in [-0.2, -0.15) is 0 Å². The third-order valence-electron chi connectivity index (χ3n) is 2.55. The molecule has 0 amide bonds. The highest BCUT2D eigenvalue weighted by atomic mass is 19.4. The molecule has 0 saturated carbocycles. The lowest BCUT2D eigenvalue weighted by atomic mass is 10.1. The fraction of sp³-hybridized carbons (Fsp3) is 0.286. The van der Waals surface area contributed by atoms with Gasteiger partial charge in [0.25, 0.3) is 0 Å². The Labute approximate surface area is 123 Å². The summed E-state index contributed by atoms with van der Waals surface area (Å²) in [5, 5.41) is 3.55. The first-order valence-corrected chi connectivity index (χ1v) is 6.35. The molecule has 2 rings (SSSR count). The molecule has 0 fully saturated rings. The number of benzene rings is 1. The number of carbonyl (C=O) groups excluding carboxylic acids is 1. The van der Waals surface area contributed by atoms with Crippen LogP contribution in [0, 0.1) is 0 Å². The zero-order valence-electron chi connectivity index (χ0n) is 11.5. The van der Waals surface area contributed by atoms with Crippen LogP contribution in [-0.4, -0.2) is 24.1 Å². The number of carbonyl (C=O) groups is 1. The van der Waals surface area contributed by atoms with Crippen LogP contribution in [0.3, 0.4) is 0 Å². The maximum atomic E-state index is 12.2. The maximum absolute atomic E-state index is 12.2. The second kappa shape index (κ2) is 6.50. The molecule has 0 aliphatic heterocycles. The van der Waals surface area contributed by atoms with Crippen LogP contribution in [0.1, 0.15) is 28.7 Å². The van der Waals surface area contributed by atoms with Gasteiger partial charge in [0.15, 0.2) is 5.69 Å². The Morgan fingerprint density at radius 2 is 2.09 bits per heavy atom. The molecule has 0 bridgehead atoms. The van der Waals surface area contributed by atoms with Crippen LogP contribution in [0.2, 0.25) is 0 Å². The molecule has 118 valence electrons. The van der Waals surface area contributed by atoms with Crippen molar-refractivity contribution in [3.05, 3.63) is 47.3 Å². The zero-order valence-corrected chi connectivity index (χ0v) is 11.5. The minimum Gasteiger partial charge on any atom is -0.461 e. The molecule has 0 N–H and O–H groups in total. The van der Waals surface area contributed by atoms with E-state index in [0.29, 0.717) is 11.3 Å². The summed E-state index contributed by atoms with van der Waals surface area (Å²) in [6.45, 7) is 1.86. The van der Waals surface area contributed by atoms with Crippen molar-refractivity contribution in [3.63, 3.8) is 0 Å². The van der Waals surface area contributed by atoms with Gasteiger partial charge in [-0.1, -0.05) is 17.3 Å². The fourth-order valence-electron chi connectivity index (χ4n) is 1.75. The summed E-state index contributed by atoms with van der Waals surface area (Å²) in [4.78, 5) is 11.4. The van der Waals surface area contributed by atoms with Crippen molar-refractivity contribution in [2.75, 3.05) is 6.61 Å². The standard InChI is InChI=1S/C14H12F3NO4/c1-2-20-13(19)12-8-11(22-18-12)7-9-4-3-5-10(6-9)21-14(15,16)17/h3-6,8H,2,7H2,1H3. The Morgan fingerprint density at radius 1 is 1.32 bits per heavy atom. The Morgan fingerprint density at radius 3 is 2.77 bits per heavy atom. The van der Waals surface area contributed by atoms with Gasteiger partial charge < -0.3 is 14.0 Å². The molecule has 0 aliphatic rings. The quantitative estimate of drug-likeness (QED) is 0.792. The molecule has 0 radical (unpaired) electrons. The van der Waals surface area contributed by atoms with E-state index in [-0.39, 0.29) is 24.5 Å². The van der Waals surface area contributed by atoms with Crippen LogP contribution in [0.5, 0.6) is 5.75 Å². The molecular weight excluding hydrogens is 303 g/mol. The number of hydrogen-bond acceptors (Lipinski definition) is 5. The summed E-state index contributed by atoms with van der Waals surface area (Å²) in [6.07, 6.45) is -4.58. The summed E-state index contributed by atoms with van der Waals surface area (Å²) in [6, 6.07) is 6.85. The average Bonchev–Trinajstić information content (AvgIpc) is 2.86. The molecule has 0 saturated heterocycles. The number of rotatable bonds is 5. The van der Waals surface area contributed by atoms with Crippen LogP contribution in [0.4, 0.5) is 13.2 Å². The van der Waals surface area contributed by atoms with Crippen molar-refractivity contribution in [3.8, 4) is 5.75 Å². The van der Waals surface area contributed by atoms with Crippen LogP contribution in [-0.2, 0) is 11.2 Å². The minimum atomic E-state index is -4.75. The fourth-order valence-corrected chi connectivity index (χ4v) is 1.75. The van der Waals surface area contributed by atoms with Crippen LogP contribution in [0.25, 0.3) is 0 Å². The average molecular weight is 315 g/mol. The molecule has 1 aromatic carbocycles. The van der Waals surface area contributed by atoms with Crippen molar-refractivity contribution < 1.29 is 32.0 Å². The number of halogens is 3. The number of hydrogen-bond donors (Lipinski definition) is 0. The highest BCUT2D eigenvalue weighted by Gasteiger charge is 2.31. The van der Waals surface area contributed by atoms with Gasteiger partial charge in [-0.05, 0) is 24.6 Å². The van der Waals surface area contributed by atoms with Crippen LogP contribution in [0.15, 0.2) is 34.9 Å². The van der Waals surface area contributed by atoms with E-state index in [2.05, 4.69) is 9.89 Å². The third kappa shape index (κ3) is 4.51. The maximum Gasteiger partial charge on any atom is 0.573 e. The van der Waals surface area contributed by atoms with E-state index in [1.807, 2.05) is 0 Å². The molecule has 5 nitrogen and oxygen atoms in total. The zero-order chi connectivity index (χ0) is 16.2. The smallest absolute Gasteiger partial charge is 0.461 e. The normalized spacial score (nSPS) is 11.3. The van der Waals surface area contributed by atoms with E-state index in [0.717, 1.165) is 0 Å². The Balaban J connectivity index is 2.08. The minimum absolute atomic E-state index is 0.0135. The lowest BCUT2D eigenvalue weighted by molar-refractivity contribution is -0.274. The lowest BCUT2D eigenvalue weighted by Crippen LogP contribution is -2.17. The van der Waals surface area contributed by atoms with Crippen molar-refractivity contribution in [2.45, 2.75) is 19.7 Å². The van der Waals surface area contributed by atoms with Gasteiger partial charge in [0.1, 0.15) is 11.5 Å². The van der Waals surface area contributed by atoms with Crippen LogP contribution < -0.4 is 4.74 Å². The molecule has 1 aromatic heterocycles. The van der Waals surface area contributed by atoms with E-state index < -0.39 is 12.3 Å². The van der Waals surface area contributed by atoms with Crippen LogP contribution >= 0.6 is 0 Å². The highest BCUT2D eigenvalue weighted by Crippen LogP contribution is 2.24. The SMILES string of the molecule is CCOC(=O)c1cc(Cc2cccc(OC(F)(F)F)c2)on1. The molecule has 2 aromatic rings. The molecule has 0 atom stereocenters. The molecule has 8 heteroatoms. The molecular formula is C14H12F3NO4. The second-order valence-corrected chi connectivity index (χ2v) is 4.27. The van der Waals surface area contributed by atoms with Gasteiger partial charge >= 0.3 is 12.3 Å². The van der Waals surface area contributed by atoms with Crippen molar-refractivity contribution in [1.29, 1.82) is 0 Å². The van der Waals surface area contributed by atoms with E-state index in [1.54, 1.807) is 13.0 Å². The first kappa shape index (κ1) is 15.9. The summed E-state index contributed by atoms with van der Waals surface area (Å²) in [7, 11) is 0. The van der Waals surface area contributed by atoms with Gasteiger partial charge in [0.2, 0.25) is 0 Å². The number of aromatic nitrogens is 1. The summed E-state index contributed by atoms with van der Waals surface area (Å²) in [5.41, 5.74) is 0.535. The largest absolute Gasteiger partial charge is 0.573 e. The van der Waals surface area contributed by atoms with E-state index in [4.69, 9.17) is 9.26 Å². The number of alkyl halides is 3. The van der Waals surface area contributed by atoms with Gasteiger partial charge in [-0.3, -0.25) is 0 Å². The predicted molar refractivity (Wildman–Crippen MR) is 68.4 cm³/mol. The van der Waals surface area contributed by atoms with Gasteiger partial charge in [0, 0.05) is 12.5 Å². The summed E-state index contributed by atoms with van der Waals surface area (Å²) in [5.74, 6) is -0.617. The Hall–Kier alpha value is -2.51. The van der Waals surface area contributed by atoms with Gasteiger partial charge in [-0.15, -0.1) is 13.2 Å². The van der Waals surface area contributed by atoms with E-state index >= 15 is 0 Å². The molecule has 22 heavy (non-hydrogen) atoms.